The molecule has 1 aromatic heterocycles. The number of hydrogen-bond acceptors (Lipinski definition) is 4. The number of carboxylic acid groups (broad SMARTS) is 1. The van der Waals surface area contributed by atoms with Crippen molar-refractivity contribution in [2.75, 3.05) is 4.72 Å². The minimum atomic E-state index is -2.51. The van der Waals surface area contributed by atoms with Gasteiger partial charge in [-0.1, -0.05) is 12.1 Å². The molecule has 2 aromatic rings. The van der Waals surface area contributed by atoms with Gasteiger partial charge in [-0.2, -0.15) is 12.1 Å². The molecule has 109 valence electrons. The first kappa shape index (κ1) is 18.0. The molecule has 1 heterocycles. The molecule has 0 saturated carbocycles. The van der Waals surface area contributed by atoms with Crippen molar-refractivity contribution in [1.29, 1.82) is 0 Å². The fourth-order valence-corrected chi connectivity index (χ4v) is 2.09. The molecule has 1 aromatic carbocycles. The Morgan fingerprint density at radius 1 is 1.48 bits per heavy atom. The van der Waals surface area contributed by atoms with Crippen molar-refractivity contribution < 1.29 is 55.8 Å². The molecule has 21 heavy (non-hydrogen) atoms. The van der Waals surface area contributed by atoms with E-state index in [1.54, 1.807) is 18.4 Å². The number of nitrogens with one attached hydrogen (secondary N) is 1. The van der Waals surface area contributed by atoms with Gasteiger partial charge < -0.3 is 18.8 Å². The van der Waals surface area contributed by atoms with Crippen molar-refractivity contribution in [2.24, 2.45) is 0 Å². The number of aromatic carboxylic acids is 1. The number of furan rings is 1. The topological polar surface area (TPSA) is 103 Å². The summed E-state index contributed by atoms with van der Waals surface area (Å²) >= 11 is -2.51. The molecule has 1 atom stereocenters. The zero-order chi connectivity index (χ0) is 14.5. The largest absolute Gasteiger partial charge is 0.755 e. The van der Waals surface area contributed by atoms with Gasteiger partial charge in [-0.05, 0) is 24.1 Å². The van der Waals surface area contributed by atoms with E-state index in [9.17, 15) is 13.6 Å². The van der Waals surface area contributed by atoms with Crippen molar-refractivity contribution in [3.63, 3.8) is 0 Å². The third-order valence-corrected chi connectivity index (χ3v) is 3.07. The summed E-state index contributed by atoms with van der Waals surface area (Å²) in [6, 6.07) is 8.98. The first-order valence-corrected chi connectivity index (χ1v) is 6.80. The molecular formula is C13H11NO5SY-2. The summed E-state index contributed by atoms with van der Waals surface area (Å²) < 4.78 is 28.3. The van der Waals surface area contributed by atoms with Crippen LogP contribution in [0.2, 0.25) is 0 Å². The number of rotatable bonds is 6. The average Bonchev–Trinajstić information content (AvgIpc) is 2.89. The molecule has 2 N–H and O–H groups in total. The van der Waals surface area contributed by atoms with Crippen molar-refractivity contribution in [3.8, 4) is 0 Å². The fraction of sp³-hybridized carbons (Fsp3) is 0.154. The molecule has 0 aliphatic carbocycles. The Bertz CT molecular complexity index is 629. The van der Waals surface area contributed by atoms with E-state index < -0.39 is 17.2 Å². The van der Waals surface area contributed by atoms with E-state index in [2.05, 4.69) is 10.8 Å². The van der Waals surface area contributed by atoms with Crippen LogP contribution in [0.3, 0.4) is 0 Å². The third-order valence-electron chi connectivity index (χ3n) is 2.68. The van der Waals surface area contributed by atoms with E-state index in [0.717, 1.165) is 5.76 Å². The van der Waals surface area contributed by atoms with Gasteiger partial charge in [0.1, 0.15) is 5.76 Å². The van der Waals surface area contributed by atoms with Crippen molar-refractivity contribution in [1.82, 2.24) is 0 Å². The molecule has 8 heteroatoms. The second-order valence-electron chi connectivity index (χ2n) is 4.01. The van der Waals surface area contributed by atoms with E-state index >= 15 is 0 Å². The number of carbonyl (C=O) groups is 1. The second kappa shape index (κ2) is 8.43. The third kappa shape index (κ3) is 5.35. The molecule has 0 saturated heterocycles. The Morgan fingerprint density at radius 2 is 2.24 bits per heavy atom. The molecule has 2 rings (SSSR count). The SMILES string of the molecule is O=C(O)c1cc(NS(=O)[O-])[c-]cc1CCc1ccco1.[Y]. The second-order valence-corrected chi connectivity index (χ2v) is 4.68. The molecule has 0 amide bonds. The maximum atomic E-state index is 11.2. The van der Waals surface area contributed by atoms with Crippen LogP contribution in [0.1, 0.15) is 21.7 Å². The smallest absolute Gasteiger partial charge is 0.311 e. The van der Waals surface area contributed by atoms with Crippen LogP contribution in [0.5, 0.6) is 0 Å². The first-order chi connectivity index (χ1) is 9.56. The van der Waals surface area contributed by atoms with Gasteiger partial charge in [-0.3, -0.25) is 4.21 Å². The van der Waals surface area contributed by atoms with Gasteiger partial charge >= 0.3 is 5.97 Å². The molecule has 0 spiro atoms. The van der Waals surface area contributed by atoms with Crippen molar-refractivity contribution in [2.45, 2.75) is 12.8 Å². The van der Waals surface area contributed by atoms with Gasteiger partial charge in [-0.15, -0.1) is 11.6 Å². The normalized spacial score (nSPS) is 11.5. The van der Waals surface area contributed by atoms with Crippen LogP contribution in [0.25, 0.3) is 0 Å². The number of benzene rings is 1. The summed E-state index contributed by atoms with van der Waals surface area (Å²) in [4.78, 5) is 11.2. The summed E-state index contributed by atoms with van der Waals surface area (Å²) in [6.07, 6.45) is 2.57. The van der Waals surface area contributed by atoms with Gasteiger partial charge in [0.25, 0.3) is 0 Å². The van der Waals surface area contributed by atoms with Gasteiger partial charge in [0.15, 0.2) is 0 Å². The minimum Gasteiger partial charge on any atom is -0.755 e. The standard InChI is InChI=1S/C13H12NO5S.Y/c15-13(16)12-8-10(14-20(17)18)5-3-9(12)4-6-11-2-1-7-19-11;/h1-3,7-8,14H,4,6H2,(H,15,16)(H,17,18);/q-1;/p-1. The first-order valence-electron chi connectivity index (χ1n) is 5.72. The predicted octanol–water partition coefficient (Wildman–Crippen LogP) is 1.77. The summed E-state index contributed by atoms with van der Waals surface area (Å²) in [5, 5.41) is 9.16. The Labute approximate surface area is 149 Å². The van der Waals surface area contributed by atoms with Crippen LogP contribution < -0.4 is 4.72 Å². The van der Waals surface area contributed by atoms with E-state index in [1.807, 2.05) is 0 Å². The fourth-order valence-electron chi connectivity index (χ4n) is 1.79. The van der Waals surface area contributed by atoms with Gasteiger partial charge in [0, 0.05) is 44.0 Å². The molecule has 0 bridgehead atoms. The number of carboxylic acids is 1. The molecule has 6 nitrogen and oxygen atoms in total. The Balaban J connectivity index is 0.00000220. The molecule has 1 unspecified atom stereocenters. The quantitative estimate of drug-likeness (QED) is 0.586. The van der Waals surface area contributed by atoms with Gasteiger partial charge in [0.2, 0.25) is 0 Å². The van der Waals surface area contributed by atoms with Crippen LogP contribution >= 0.6 is 0 Å². The molecular weight excluding hydrogens is 371 g/mol. The van der Waals surface area contributed by atoms with Gasteiger partial charge in [0.05, 0.1) is 6.26 Å². The Kier molecular flexibility index (Phi) is 7.24. The number of hydrogen-bond donors (Lipinski definition) is 2. The maximum Gasteiger partial charge on any atom is 0.311 e. The van der Waals surface area contributed by atoms with Crippen molar-refractivity contribution >= 4 is 22.9 Å². The molecule has 1 radical (unpaired) electrons. The predicted molar refractivity (Wildman–Crippen MR) is 70.9 cm³/mol. The van der Waals surface area contributed by atoms with E-state index in [4.69, 9.17) is 9.52 Å². The van der Waals surface area contributed by atoms with Crippen LogP contribution in [0, 0.1) is 6.07 Å². The Hall–Kier alpha value is -1.02. The van der Waals surface area contributed by atoms with E-state index in [-0.39, 0.29) is 44.0 Å². The number of aryl methyl sites for hydroxylation is 2. The van der Waals surface area contributed by atoms with Gasteiger partial charge in [-0.25, -0.2) is 4.79 Å². The van der Waals surface area contributed by atoms with E-state index in [1.165, 1.54) is 12.1 Å². The monoisotopic (exact) mass is 382 g/mol. The summed E-state index contributed by atoms with van der Waals surface area (Å²) in [7, 11) is 0. The maximum absolute atomic E-state index is 11.2. The molecule has 0 aliphatic heterocycles. The minimum absolute atomic E-state index is 0. The number of anilines is 1. The average molecular weight is 382 g/mol. The zero-order valence-electron chi connectivity index (χ0n) is 10.9. The summed E-state index contributed by atoms with van der Waals surface area (Å²) in [5.74, 6) is -0.364. The zero-order valence-corrected chi connectivity index (χ0v) is 14.5. The van der Waals surface area contributed by atoms with E-state index in [0.29, 0.717) is 18.4 Å². The molecule has 0 fully saturated rings. The molecule has 0 aliphatic rings. The van der Waals surface area contributed by atoms with Crippen molar-refractivity contribution in [3.05, 3.63) is 53.5 Å². The summed E-state index contributed by atoms with van der Waals surface area (Å²) in [6.45, 7) is 0. The van der Waals surface area contributed by atoms with Crippen LogP contribution in [0.4, 0.5) is 5.69 Å². The van der Waals surface area contributed by atoms with Crippen LogP contribution in [-0.4, -0.2) is 19.8 Å². The summed E-state index contributed by atoms with van der Waals surface area (Å²) in [5.41, 5.74) is 0.705. The Morgan fingerprint density at radius 3 is 2.81 bits per heavy atom. The van der Waals surface area contributed by atoms with Crippen LogP contribution in [-0.2, 0) is 56.8 Å². The van der Waals surface area contributed by atoms with Crippen LogP contribution in [0.15, 0.2) is 34.9 Å².